The highest BCUT2D eigenvalue weighted by Gasteiger charge is 2.01. The Kier molecular flexibility index (Phi) is 2.15. The summed E-state index contributed by atoms with van der Waals surface area (Å²) in [5.74, 6) is 0.792. The van der Waals surface area contributed by atoms with Crippen molar-refractivity contribution in [2.24, 2.45) is 0 Å². The maximum absolute atomic E-state index is 5.00. The Morgan fingerprint density at radius 3 is 3.10 bits per heavy atom. The first-order valence-corrected chi connectivity index (χ1v) is 3.08. The Hall–Kier alpha value is -1.18. The van der Waals surface area contributed by atoms with Gasteiger partial charge in [-0.25, -0.2) is 0 Å². The van der Waals surface area contributed by atoms with Crippen molar-refractivity contribution in [3.05, 3.63) is 30.7 Å². The minimum Gasteiger partial charge on any atom is -0.493 e. The second-order valence-electron chi connectivity index (χ2n) is 1.96. The zero-order valence-electron chi connectivity index (χ0n) is 5.96. The maximum atomic E-state index is 5.00. The predicted octanol–water partition coefficient (Wildman–Crippen LogP) is 2.02. The molecule has 0 radical (unpaired) electrons. The van der Waals surface area contributed by atoms with E-state index in [2.05, 4.69) is 6.58 Å². The van der Waals surface area contributed by atoms with E-state index in [0.717, 1.165) is 17.7 Å². The molecule has 0 atom stereocenters. The molecular weight excluding hydrogens is 128 g/mol. The van der Waals surface area contributed by atoms with Crippen LogP contribution < -0.4 is 4.74 Å². The van der Waals surface area contributed by atoms with Crippen LogP contribution in [-0.2, 0) is 6.42 Å². The minimum absolute atomic E-state index is 0.791. The predicted molar refractivity (Wildman–Crippen MR) is 39.2 cm³/mol. The first-order chi connectivity index (χ1) is 4.88. The molecule has 1 rings (SSSR count). The average Bonchev–Trinajstić information content (AvgIpc) is 2.36. The van der Waals surface area contributed by atoms with E-state index < -0.39 is 0 Å². The highest BCUT2D eigenvalue weighted by atomic mass is 16.5. The topological polar surface area (TPSA) is 22.4 Å². The van der Waals surface area contributed by atoms with Crippen LogP contribution in [0.25, 0.3) is 0 Å². The zero-order valence-corrected chi connectivity index (χ0v) is 5.96. The van der Waals surface area contributed by atoms with Crippen molar-refractivity contribution >= 4 is 0 Å². The number of hydrogen-bond donors (Lipinski definition) is 0. The summed E-state index contributed by atoms with van der Waals surface area (Å²) in [4.78, 5) is 0. The van der Waals surface area contributed by atoms with Gasteiger partial charge in [-0.2, -0.15) is 0 Å². The summed E-state index contributed by atoms with van der Waals surface area (Å²) in [7, 11) is 1.62. The normalized spacial score (nSPS) is 9.30. The molecule has 0 aromatic carbocycles. The second-order valence-corrected chi connectivity index (χ2v) is 1.96. The van der Waals surface area contributed by atoms with Gasteiger partial charge in [0.25, 0.3) is 0 Å². The van der Waals surface area contributed by atoms with Gasteiger partial charge in [0.1, 0.15) is 6.26 Å². The molecule has 0 N–H and O–H groups in total. The molecule has 0 unspecified atom stereocenters. The lowest BCUT2D eigenvalue weighted by atomic mass is 10.2. The average molecular weight is 138 g/mol. The van der Waals surface area contributed by atoms with Crippen molar-refractivity contribution in [3.63, 3.8) is 0 Å². The molecule has 0 saturated carbocycles. The SMILES string of the molecule is C=CCc1cocc1OC. The van der Waals surface area contributed by atoms with Crippen LogP contribution in [0.1, 0.15) is 5.56 Å². The van der Waals surface area contributed by atoms with Crippen molar-refractivity contribution in [2.75, 3.05) is 7.11 Å². The fourth-order valence-electron chi connectivity index (χ4n) is 0.795. The molecular formula is C8H10O2. The summed E-state index contributed by atoms with van der Waals surface area (Å²) in [6, 6.07) is 0. The van der Waals surface area contributed by atoms with E-state index >= 15 is 0 Å². The van der Waals surface area contributed by atoms with E-state index in [4.69, 9.17) is 9.15 Å². The zero-order chi connectivity index (χ0) is 7.40. The number of allylic oxidation sites excluding steroid dienone is 1. The van der Waals surface area contributed by atoms with Gasteiger partial charge in [0, 0.05) is 5.56 Å². The largest absolute Gasteiger partial charge is 0.493 e. The molecule has 0 amide bonds. The van der Waals surface area contributed by atoms with Crippen LogP contribution in [0.3, 0.4) is 0 Å². The van der Waals surface area contributed by atoms with Crippen LogP contribution in [0.15, 0.2) is 29.6 Å². The van der Waals surface area contributed by atoms with Crippen LogP contribution in [0.2, 0.25) is 0 Å². The monoisotopic (exact) mass is 138 g/mol. The second kappa shape index (κ2) is 3.11. The molecule has 0 spiro atoms. The fourth-order valence-corrected chi connectivity index (χ4v) is 0.795. The molecule has 54 valence electrons. The van der Waals surface area contributed by atoms with Crippen LogP contribution in [-0.4, -0.2) is 7.11 Å². The number of hydrogen-bond acceptors (Lipinski definition) is 2. The molecule has 0 saturated heterocycles. The van der Waals surface area contributed by atoms with Gasteiger partial charge in [-0.05, 0) is 6.42 Å². The summed E-state index contributed by atoms with van der Waals surface area (Å²) in [6.07, 6.45) is 5.85. The van der Waals surface area contributed by atoms with Crippen molar-refractivity contribution in [1.82, 2.24) is 0 Å². The number of furan rings is 1. The van der Waals surface area contributed by atoms with Crippen molar-refractivity contribution in [3.8, 4) is 5.75 Å². The van der Waals surface area contributed by atoms with Gasteiger partial charge in [-0.3, -0.25) is 0 Å². The Bertz CT molecular complexity index is 213. The lowest BCUT2D eigenvalue weighted by molar-refractivity contribution is 0.403. The van der Waals surface area contributed by atoms with Gasteiger partial charge in [-0.1, -0.05) is 6.08 Å². The van der Waals surface area contributed by atoms with E-state index in [1.54, 1.807) is 19.6 Å². The molecule has 2 heteroatoms. The summed E-state index contributed by atoms with van der Waals surface area (Å²) >= 11 is 0. The van der Waals surface area contributed by atoms with Crippen LogP contribution in [0, 0.1) is 0 Å². The summed E-state index contributed by atoms with van der Waals surface area (Å²) in [5.41, 5.74) is 1.04. The standard InChI is InChI=1S/C8H10O2/c1-3-4-7-5-10-6-8(7)9-2/h3,5-6H,1,4H2,2H3. The van der Waals surface area contributed by atoms with Gasteiger partial charge >= 0.3 is 0 Å². The van der Waals surface area contributed by atoms with Gasteiger partial charge in [-0.15, -0.1) is 6.58 Å². The smallest absolute Gasteiger partial charge is 0.160 e. The summed E-state index contributed by atoms with van der Waals surface area (Å²) in [6.45, 7) is 3.61. The maximum Gasteiger partial charge on any atom is 0.160 e. The van der Waals surface area contributed by atoms with Crippen molar-refractivity contribution in [1.29, 1.82) is 0 Å². The number of methoxy groups -OCH3 is 1. The molecule has 0 aliphatic rings. The molecule has 0 aliphatic heterocycles. The first-order valence-electron chi connectivity index (χ1n) is 3.08. The Morgan fingerprint density at radius 1 is 1.70 bits per heavy atom. The van der Waals surface area contributed by atoms with E-state index in [1.165, 1.54) is 0 Å². The molecule has 1 aromatic rings. The van der Waals surface area contributed by atoms with Gasteiger partial charge in [0.2, 0.25) is 0 Å². The Labute approximate surface area is 60.1 Å². The third-order valence-electron chi connectivity index (χ3n) is 1.29. The molecule has 1 heterocycles. The first kappa shape index (κ1) is 6.93. The van der Waals surface area contributed by atoms with E-state index in [0.29, 0.717) is 0 Å². The quantitative estimate of drug-likeness (QED) is 0.596. The van der Waals surface area contributed by atoms with Gasteiger partial charge < -0.3 is 9.15 Å². The van der Waals surface area contributed by atoms with E-state index in [-0.39, 0.29) is 0 Å². The summed E-state index contributed by atoms with van der Waals surface area (Å²) in [5, 5.41) is 0. The number of ether oxygens (including phenoxy) is 1. The van der Waals surface area contributed by atoms with Crippen LogP contribution in [0.5, 0.6) is 5.75 Å². The Morgan fingerprint density at radius 2 is 2.50 bits per heavy atom. The van der Waals surface area contributed by atoms with Crippen molar-refractivity contribution in [2.45, 2.75) is 6.42 Å². The summed E-state index contributed by atoms with van der Waals surface area (Å²) < 4.78 is 9.91. The molecule has 1 aromatic heterocycles. The molecule has 0 aliphatic carbocycles. The number of rotatable bonds is 3. The molecule has 10 heavy (non-hydrogen) atoms. The third kappa shape index (κ3) is 1.21. The lowest BCUT2D eigenvalue weighted by Crippen LogP contribution is -1.84. The van der Waals surface area contributed by atoms with Crippen LogP contribution >= 0.6 is 0 Å². The van der Waals surface area contributed by atoms with E-state index in [9.17, 15) is 0 Å². The van der Waals surface area contributed by atoms with Gasteiger partial charge in [0.05, 0.1) is 13.4 Å². The highest BCUT2D eigenvalue weighted by Crippen LogP contribution is 2.19. The fraction of sp³-hybridized carbons (Fsp3) is 0.250. The highest BCUT2D eigenvalue weighted by molar-refractivity contribution is 5.29. The molecule has 0 bridgehead atoms. The lowest BCUT2D eigenvalue weighted by Gasteiger charge is -1.95. The van der Waals surface area contributed by atoms with Crippen molar-refractivity contribution < 1.29 is 9.15 Å². The van der Waals surface area contributed by atoms with Gasteiger partial charge in [0.15, 0.2) is 5.75 Å². The molecule has 2 nitrogen and oxygen atoms in total. The third-order valence-corrected chi connectivity index (χ3v) is 1.29. The van der Waals surface area contributed by atoms with Crippen LogP contribution in [0.4, 0.5) is 0 Å². The Balaban J connectivity index is 2.79. The van der Waals surface area contributed by atoms with E-state index in [1.807, 2.05) is 6.08 Å². The molecule has 0 fully saturated rings. The minimum atomic E-state index is 0.791.